The van der Waals surface area contributed by atoms with Gasteiger partial charge in [0.25, 0.3) is 11.8 Å². The minimum atomic E-state index is -0.722. The maximum Gasteiger partial charge on any atom is 0.269 e. The zero-order valence-corrected chi connectivity index (χ0v) is 17.4. The fourth-order valence-electron chi connectivity index (χ4n) is 3.12. The average Bonchev–Trinajstić information content (AvgIpc) is 3.50. The van der Waals surface area contributed by atoms with Crippen LogP contribution in [0.1, 0.15) is 29.4 Å². The summed E-state index contributed by atoms with van der Waals surface area (Å²) in [6.45, 7) is 3.42. The lowest BCUT2D eigenvalue weighted by Crippen LogP contribution is -2.24. The Morgan fingerprint density at radius 1 is 1.39 bits per heavy atom. The van der Waals surface area contributed by atoms with Gasteiger partial charge in [0.15, 0.2) is 5.69 Å². The first-order valence-electron chi connectivity index (χ1n) is 9.76. The third-order valence-electron chi connectivity index (χ3n) is 4.89. The van der Waals surface area contributed by atoms with E-state index in [0.717, 1.165) is 23.4 Å². The molecule has 0 spiro atoms. The number of terminal acetylenes is 1. The summed E-state index contributed by atoms with van der Waals surface area (Å²) in [6.07, 6.45) is 10.6. The van der Waals surface area contributed by atoms with Gasteiger partial charge in [-0.05, 0) is 31.5 Å². The second-order valence-electron chi connectivity index (χ2n) is 7.04. The van der Waals surface area contributed by atoms with Crippen molar-refractivity contribution in [3.63, 3.8) is 0 Å². The van der Waals surface area contributed by atoms with Crippen molar-refractivity contribution in [1.29, 1.82) is 0 Å². The zero-order chi connectivity index (χ0) is 22.5. The van der Waals surface area contributed by atoms with E-state index in [0.29, 0.717) is 18.5 Å². The minimum absolute atomic E-state index is 0.148. The van der Waals surface area contributed by atoms with E-state index >= 15 is 0 Å². The predicted molar refractivity (Wildman–Crippen MR) is 115 cm³/mol. The molecule has 0 bridgehead atoms. The number of likely N-dealkylation sites (N-methyl/N-ethyl adjacent to an activating group) is 1. The molecule has 31 heavy (non-hydrogen) atoms. The largest absolute Gasteiger partial charge is 0.383 e. The molecule has 3 heterocycles. The summed E-state index contributed by atoms with van der Waals surface area (Å²) in [5.41, 5.74) is 8.60. The van der Waals surface area contributed by atoms with Crippen LogP contribution in [-0.4, -0.2) is 61.1 Å². The topological polar surface area (TPSA) is 119 Å². The van der Waals surface area contributed by atoms with E-state index in [1.165, 1.54) is 4.90 Å². The van der Waals surface area contributed by atoms with Crippen molar-refractivity contribution in [2.75, 3.05) is 13.6 Å². The molecule has 3 aromatic rings. The van der Waals surface area contributed by atoms with Crippen LogP contribution in [0.5, 0.6) is 0 Å². The molecule has 0 saturated carbocycles. The number of aliphatic hydroxyl groups is 1. The summed E-state index contributed by atoms with van der Waals surface area (Å²) < 4.78 is 3.37. The lowest BCUT2D eigenvalue weighted by atomic mass is 10.1. The molecule has 9 heteroatoms. The monoisotopic (exact) mass is 420 g/mol. The Balaban J connectivity index is 0.000000287. The number of aryl methyl sites for hydroxylation is 1. The van der Waals surface area contributed by atoms with Crippen molar-refractivity contribution in [2.24, 2.45) is 5.73 Å². The quantitative estimate of drug-likeness (QED) is 0.612. The number of nitrogens with zero attached hydrogens (tertiary/aromatic N) is 5. The highest BCUT2D eigenvalue weighted by atomic mass is 16.3. The molecule has 2 aromatic heterocycles. The van der Waals surface area contributed by atoms with Crippen molar-refractivity contribution in [3.8, 4) is 29.2 Å². The van der Waals surface area contributed by atoms with Gasteiger partial charge in [0.05, 0.1) is 11.9 Å². The second kappa shape index (κ2) is 9.28. The zero-order valence-electron chi connectivity index (χ0n) is 17.4. The standard InChI is InChI=1S/C17H15N5O.C5H9NO2/c1-3-12-6-5-7-14(8-12)22-11-15(16(20-22)17(18)23)13-9-19-21(4-2)10-13;1-6-3-2-4(7)5(6)8/h1,5-11H,4H2,2H3,(H2,18,23);4,7H,2-3H2,1H3/t;4-/m.0/s1. The molecule has 0 unspecified atom stereocenters. The number of rotatable bonds is 4. The Morgan fingerprint density at radius 2 is 2.16 bits per heavy atom. The highest BCUT2D eigenvalue weighted by molar-refractivity contribution is 5.97. The number of amides is 2. The summed E-state index contributed by atoms with van der Waals surface area (Å²) in [4.78, 5) is 23.8. The first kappa shape index (κ1) is 21.8. The van der Waals surface area contributed by atoms with E-state index in [-0.39, 0.29) is 11.6 Å². The molecule has 3 N–H and O–H groups in total. The number of primary amides is 1. The normalized spacial score (nSPS) is 15.4. The minimum Gasteiger partial charge on any atom is -0.383 e. The number of aliphatic hydroxyl groups excluding tert-OH is 1. The van der Waals surface area contributed by atoms with Gasteiger partial charge >= 0.3 is 0 Å². The van der Waals surface area contributed by atoms with Crippen LogP contribution in [-0.2, 0) is 11.3 Å². The van der Waals surface area contributed by atoms with Gasteiger partial charge in [-0.2, -0.15) is 10.2 Å². The lowest BCUT2D eigenvalue weighted by molar-refractivity contribution is -0.133. The van der Waals surface area contributed by atoms with Crippen LogP contribution < -0.4 is 5.73 Å². The van der Waals surface area contributed by atoms with E-state index in [4.69, 9.17) is 17.3 Å². The molecule has 1 saturated heterocycles. The van der Waals surface area contributed by atoms with E-state index < -0.39 is 12.0 Å². The maximum atomic E-state index is 11.7. The van der Waals surface area contributed by atoms with Gasteiger partial charge in [-0.3, -0.25) is 14.3 Å². The van der Waals surface area contributed by atoms with Crippen molar-refractivity contribution in [1.82, 2.24) is 24.5 Å². The van der Waals surface area contributed by atoms with Gasteiger partial charge in [-0.15, -0.1) is 6.42 Å². The number of carbonyl (C=O) groups excluding carboxylic acids is 2. The third kappa shape index (κ3) is 4.82. The van der Waals surface area contributed by atoms with Crippen molar-refractivity contribution < 1.29 is 14.7 Å². The molecule has 1 aliphatic rings. The van der Waals surface area contributed by atoms with Crippen LogP contribution >= 0.6 is 0 Å². The number of hydrogen-bond acceptors (Lipinski definition) is 5. The average molecular weight is 420 g/mol. The third-order valence-corrected chi connectivity index (χ3v) is 4.89. The number of likely N-dealkylation sites (tertiary alicyclic amines) is 1. The first-order chi connectivity index (χ1) is 14.8. The van der Waals surface area contributed by atoms with Gasteiger partial charge < -0.3 is 15.7 Å². The van der Waals surface area contributed by atoms with Gasteiger partial charge in [0, 0.05) is 49.2 Å². The molecule has 160 valence electrons. The maximum absolute atomic E-state index is 11.7. The molecule has 1 atom stereocenters. The molecule has 1 aromatic carbocycles. The van der Waals surface area contributed by atoms with Crippen LogP contribution in [0.3, 0.4) is 0 Å². The van der Waals surface area contributed by atoms with Gasteiger partial charge in [-0.25, -0.2) is 4.68 Å². The Labute approximate surface area is 180 Å². The van der Waals surface area contributed by atoms with Gasteiger partial charge in [0.2, 0.25) is 0 Å². The van der Waals surface area contributed by atoms with E-state index in [9.17, 15) is 9.59 Å². The Hall–Kier alpha value is -3.90. The van der Waals surface area contributed by atoms with Crippen molar-refractivity contribution in [3.05, 3.63) is 54.1 Å². The van der Waals surface area contributed by atoms with E-state index in [1.54, 1.807) is 28.8 Å². The van der Waals surface area contributed by atoms with E-state index in [2.05, 4.69) is 16.1 Å². The summed E-state index contributed by atoms with van der Waals surface area (Å²) in [5, 5.41) is 17.3. The second-order valence-corrected chi connectivity index (χ2v) is 7.04. The molecule has 4 rings (SSSR count). The van der Waals surface area contributed by atoms with Crippen molar-refractivity contribution in [2.45, 2.75) is 26.0 Å². The molecule has 1 fully saturated rings. The lowest BCUT2D eigenvalue weighted by Gasteiger charge is -2.04. The SMILES string of the molecule is C#Cc1cccc(-n2cc(-c3cnn(CC)c3)c(C(N)=O)n2)c1.CN1CC[C@H](O)C1=O. The molecule has 1 aliphatic heterocycles. The first-order valence-corrected chi connectivity index (χ1v) is 9.76. The number of carbonyl (C=O) groups is 2. The number of hydrogen-bond donors (Lipinski definition) is 2. The number of aromatic nitrogens is 4. The highest BCUT2D eigenvalue weighted by Crippen LogP contribution is 2.24. The smallest absolute Gasteiger partial charge is 0.269 e. The van der Waals surface area contributed by atoms with Crippen LogP contribution in [0.15, 0.2) is 42.9 Å². The molecular formula is C22H24N6O3. The fourth-order valence-corrected chi connectivity index (χ4v) is 3.12. The molecule has 0 aliphatic carbocycles. The molecule has 9 nitrogen and oxygen atoms in total. The molecule has 2 amide bonds. The summed E-state index contributed by atoms with van der Waals surface area (Å²) in [6, 6.07) is 7.34. The number of benzene rings is 1. The fraction of sp³-hybridized carbons (Fsp3) is 0.273. The Bertz CT molecular complexity index is 1130. The van der Waals surface area contributed by atoms with Gasteiger partial charge in [-0.1, -0.05) is 12.0 Å². The molecule has 0 radical (unpaired) electrons. The Kier molecular flexibility index (Phi) is 6.52. The van der Waals surface area contributed by atoms with Crippen molar-refractivity contribution >= 4 is 11.8 Å². The van der Waals surface area contributed by atoms with Crippen LogP contribution in [0, 0.1) is 12.3 Å². The number of nitrogens with two attached hydrogens (primary N) is 1. The van der Waals surface area contributed by atoms with Crippen LogP contribution in [0.2, 0.25) is 0 Å². The molecular weight excluding hydrogens is 396 g/mol. The van der Waals surface area contributed by atoms with Crippen LogP contribution in [0.4, 0.5) is 0 Å². The van der Waals surface area contributed by atoms with Crippen LogP contribution in [0.25, 0.3) is 16.8 Å². The summed E-state index contributed by atoms with van der Waals surface area (Å²) in [7, 11) is 1.69. The predicted octanol–water partition coefficient (Wildman–Crippen LogP) is 1.05. The van der Waals surface area contributed by atoms with E-state index in [1.807, 2.05) is 37.4 Å². The highest BCUT2D eigenvalue weighted by Gasteiger charge is 2.26. The Morgan fingerprint density at radius 3 is 2.68 bits per heavy atom. The summed E-state index contributed by atoms with van der Waals surface area (Å²) >= 11 is 0. The van der Waals surface area contributed by atoms with Gasteiger partial charge in [0.1, 0.15) is 6.10 Å². The summed E-state index contributed by atoms with van der Waals surface area (Å²) in [5.74, 6) is 1.84.